The van der Waals surface area contributed by atoms with E-state index in [0.717, 1.165) is 12.0 Å². The summed E-state index contributed by atoms with van der Waals surface area (Å²) in [6.07, 6.45) is 2.00. The van der Waals surface area contributed by atoms with Crippen LogP contribution < -0.4 is 5.32 Å². The molecule has 1 aromatic rings. The van der Waals surface area contributed by atoms with E-state index in [1.54, 1.807) is 4.90 Å². The number of carbonyl (C=O) groups excluding carboxylic acids is 2. The Morgan fingerprint density at radius 2 is 2.11 bits per heavy atom. The zero-order valence-corrected chi connectivity index (χ0v) is 11.3. The Hall–Kier alpha value is -1.84. The van der Waals surface area contributed by atoms with Gasteiger partial charge in [0.2, 0.25) is 11.8 Å². The molecular weight excluding hydrogens is 240 g/mol. The highest BCUT2D eigenvalue weighted by atomic mass is 16.2. The Morgan fingerprint density at radius 1 is 1.37 bits per heavy atom. The molecule has 0 saturated carbocycles. The van der Waals surface area contributed by atoms with Crippen LogP contribution in [0.15, 0.2) is 30.3 Å². The standard InChI is InChI=1S/C15H20N2O2/c1-2-10-16-15(19)13-8-9-14(18)17(13)11-12-6-4-3-5-7-12/h3-7,13H,2,8-11H2,1H3,(H,16,19). The van der Waals surface area contributed by atoms with Crippen molar-refractivity contribution >= 4 is 11.8 Å². The van der Waals surface area contributed by atoms with Gasteiger partial charge in [0.1, 0.15) is 6.04 Å². The first kappa shape index (κ1) is 13.6. The van der Waals surface area contributed by atoms with Crippen molar-refractivity contribution in [1.82, 2.24) is 10.2 Å². The average Bonchev–Trinajstić information content (AvgIpc) is 2.79. The third-order valence-corrected chi connectivity index (χ3v) is 3.38. The maximum absolute atomic E-state index is 12.0. The van der Waals surface area contributed by atoms with E-state index in [9.17, 15) is 9.59 Å². The number of amides is 2. The zero-order chi connectivity index (χ0) is 13.7. The van der Waals surface area contributed by atoms with Gasteiger partial charge in [-0.3, -0.25) is 9.59 Å². The summed E-state index contributed by atoms with van der Waals surface area (Å²) in [7, 11) is 0. The first-order chi connectivity index (χ1) is 9.22. The van der Waals surface area contributed by atoms with Crippen molar-refractivity contribution in [2.75, 3.05) is 6.54 Å². The molecule has 1 aliphatic rings. The van der Waals surface area contributed by atoms with Gasteiger partial charge in [0, 0.05) is 19.5 Å². The fraction of sp³-hybridized carbons (Fsp3) is 0.467. The lowest BCUT2D eigenvalue weighted by molar-refractivity contribution is -0.135. The maximum Gasteiger partial charge on any atom is 0.242 e. The monoisotopic (exact) mass is 260 g/mol. The van der Waals surface area contributed by atoms with Crippen LogP contribution >= 0.6 is 0 Å². The highest BCUT2D eigenvalue weighted by Gasteiger charge is 2.35. The van der Waals surface area contributed by atoms with Gasteiger partial charge >= 0.3 is 0 Å². The Kier molecular flexibility index (Phi) is 4.55. The predicted molar refractivity (Wildman–Crippen MR) is 73.3 cm³/mol. The summed E-state index contributed by atoms with van der Waals surface area (Å²) in [5, 5.41) is 2.88. The Balaban J connectivity index is 2.03. The van der Waals surface area contributed by atoms with Crippen LogP contribution in [0.25, 0.3) is 0 Å². The van der Waals surface area contributed by atoms with Crippen molar-refractivity contribution in [2.24, 2.45) is 0 Å². The van der Waals surface area contributed by atoms with Crippen molar-refractivity contribution in [3.8, 4) is 0 Å². The predicted octanol–water partition coefficient (Wildman–Crippen LogP) is 1.70. The Morgan fingerprint density at radius 3 is 2.79 bits per heavy atom. The molecule has 4 nitrogen and oxygen atoms in total. The Labute approximate surface area is 113 Å². The molecule has 0 bridgehead atoms. The van der Waals surface area contributed by atoms with Crippen molar-refractivity contribution in [3.63, 3.8) is 0 Å². The van der Waals surface area contributed by atoms with Crippen LogP contribution in [0.4, 0.5) is 0 Å². The Bertz CT molecular complexity index is 445. The minimum atomic E-state index is -0.306. The lowest BCUT2D eigenvalue weighted by atomic mass is 10.1. The number of nitrogens with zero attached hydrogens (tertiary/aromatic N) is 1. The molecule has 2 rings (SSSR count). The van der Waals surface area contributed by atoms with Gasteiger partial charge in [0.15, 0.2) is 0 Å². The van der Waals surface area contributed by atoms with E-state index in [2.05, 4.69) is 5.32 Å². The summed E-state index contributed by atoms with van der Waals surface area (Å²) in [5.41, 5.74) is 1.06. The number of hydrogen-bond donors (Lipinski definition) is 1. The molecule has 1 aliphatic heterocycles. The summed E-state index contributed by atoms with van der Waals surface area (Å²) < 4.78 is 0. The minimum absolute atomic E-state index is 0.0244. The maximum atomic E-state index is 12.0. The van der Waals surface area contributed by atoms with Crippen LogP contribution in [-0.2, 0) is 16.1 Å². The minimum Gasteiger partial charge on any atom is -0.354 e. The highest BCUT2D eigenvalue weighted by molar-refractivity contribution is 5.90. The number of rotatable bonds is 5. The molecule has 1 fully saturated rings. The molecular formula is C15H20N2O2. The average molecular weight is 260 g/mol. The van der Waals surface area contributed by atoms with Crippen LogP contribution in [0.3, 0.4) is 0 Å². The SMILES string of the molecule is CCCNC(=O)C1CCC(=O)N1Cc1ccccc1. The number of nitrogens with one attached hydrogen (secondary N) is 1. The van der Waals surface area contributed by atoms with E-state index in [1.165, 1.54) is 0 Å². The zero-order valence-electron chi connectivity index (χ0n) is 11.3. The molecule has 2 amide bonds. The van der Waals surface area contributed by atoms with Gasteiger partial charge in [-0.25, -0.2) is 0 Å². The lowest BCUT2D eigenvalue weighted by Gasteiger charge is -2.24. The highest BCUT2D eigenvalue weighted by Crippen LogP contribution is 2.21. The van der Waals surface area contributed by atoms with Crippen molar-refractivity contribution in [2.45, 2.75) is 38.8 Å². The molecule has 19 heavy (non-hydrogen) atoms. The second-order valence-electron chi connectivity index (χ2n) is 4.85. The first-order valence-electron chi connectivity index (χ1n) is 6.83. The van der Waals surface area contributed by atoms with Crippen molar-refractivity contribution in [1.29, 1.82) is 0 Å². The molecule has 1 atom stereocenters. The van der Waals surface area contributed by atoms with E-state index in [-0.39, 0.29) is 17.9 Å². The van der Waals surface area contributed by atoms with Gasteiger partial charge in [-0.2, -0.15) is 0 Å². The van der Waals surface area contributed by atoms with Crippen LogP contribution in [-0.4, -0.2) is 29.3 Å². The van der Waals surface area contributed by atoms with Gasteiger partial charge in [-0.15, -0.1) is 0 Å². The topological polar surface area (TPSA) is 49.4 Å². The summed E-state index contributed by atoms with van der Waals surface area (Å²) in [5.74, 6) is 0.0455. The van der Waals surface area contributed by atoms with Crippen LogP contribution in [0.2, 0.25) is 0 Å². The summed E-state index contributed by atoms with van der Waals surface area (Å²) in [6, 6.07) is 9.49. The number of benzene rings is 1. The molecule has 1 aromatic carbocycles. The van der Waals surface area contributed by atoms with Gasteiger partial charge in [0.25, 0.3) is 0 Å². The van der Waals surface area contributed by atoms with Crippen LogP contribution in [0.1, 0.15) is 31.7 Å². The van der Waals surface area contributed by atoms with Gasteiger partial charge in [-0.05, 0) is 18.4 Å². The normalized spacial score (nSPS) is 18.7. The summed E-state index contributed by atoms with van der Waals surface area (Å²) in [4.78, 5) is 25.7. The van der Waals surface area contributed by atoms with Crippen LogP contribution in [0, 0.1) is 0 Å². The van der Waals surface area contributed by atoms with E-state index in [4.69, 9.17) is 0 Å². The smallest absolute Gasteiger partial charge is 0.242 e. The molecule has 1 saturated heterocycles. The molecule has 1 N–H and O–H groups in total. The molecule has 0 spiro atoms. The number of carbonyl (C=O) groups is 2. The molecule has 1 unspecified atom stereocenters. The second kappa shape index (κ2) is 6.36. The largest absolute Gasteiger partial charge is 0.354 e. The molecule has 0 aliphatic carbocycles. The molecule has 4 heteroatoms. The molecule has 0 radical (unpaired) electrons. The third kappa shape index (κ3) is 3.34. The lowest BCUT2D eigenvalue weighted by Crippen LogP contribution is -2.44. The number of likely N-dealkylation sites (tertiary alicyclic amines) is 1. The fourth-order valence-corrected chi connectivity index (χ4v) is 2.35. The first-order valence-corrected chi connectivity index (χ1v) is 6.83. The van der Waals surface area contributed by atoms with E-state index in [1.807, 2.05) is 37.3 Å². The molecule has 1 heterocycles. The quantitative estimate of drug-likeness (QED) is 0.876. The molecule has 102 valence electrons. The van der Waals surface area contributed by atoms with Gasteiger partial charge in [0.05, 0.1) is 0 Å². The van der Waals surface area contributed by atoms with Crippen molar-refractivity contribution < 1.29 is 9.59 Å². The second-order valence-corrected chi connectivity index (χ2v) is 4.85. The van der Waals surface area contributed by atoms with E-state index >= 15 is 0 Å². The fourth-order valence-electron chi connectivity index (χ4n) is 2.35. The van der Waals surface area contributed by atoms with Crippen molar-refractivity contribution in [3.05, 3.63) is 35.9 Å². The summed E-state index contributed by atoms with van der Waals surface area (Å²) >= 11 is 0. The number of hydrogen-bond acceptors (Lipinski definition) is 2. The molecule has 0 aromatic heterocycles. The van der Waals surface area contributed by atoms with Gasteiger partial charge in [-0.1, -0.05) is 37.3 Å². The van der Waals surface area contributed by atoms with Crippen LogP contribution in [0.5, 0.6) is 0 Å². The van der Waals surface area contributed by atoms with E-state index in [0.29, 0.717) is 25.9 Å². The van der Waals surface area contributed by atoms with Gasteiger partial charge < -0.3 is 10.2 Å². The van der Waals surface area contributed by atoms with E-state index < -0.39 is 0 Å². The third-order valence-electron chi connectivity index (χ3n) is 3.38. The summed E-state index contributed by atoms with van der Waals surface area (Å²) in [6.45, 7) is 3.20.